The van der Waals surface area contributed by atoms with Crippen molar-refractivity contribution in [3.8, 4) is 5.75 Å². The molecule has 3 aliphatic heterocycles. The first-order chi connectivity index (χ1) is 21.3. The third-order valence-electron chi connectivity index (χ3n) is 7.30. The van der Waals surface area contributed by atoms with Gasteiger partial charge in [-0.15, -0.1) is 11.3 Å². The van der Waals surface area contributed by atoms with Gasteiger partial charge < -0.3 is 38.8 Å². The summed E-state index contributed by atoms with van der Waals surface area (Å²) in [5.41, 5.74) is -2.56. The summed E-state index contributed by atoms with van der Waals surface area (Å²) in [7, 11) is 0. The first-order valence-corrected chi connectivity index (χ1v) is 15.1. The van der Waals surface area contributed by atoms with Crippen LogP contribution in [0.15, 0.2) is 32.9 Å². The molecular formula is C29H32N4O10S. The summed E-state index contributed by atoms with van der Waals surface area (Å²) >= 11 is 1.09. The number of aromatic amines is 1. The number of ether oxygens (including phenoxy) is 4. The zero-order valence-corrected chi connectivity index (χ0v) is 25.1. The number of anilines is 1. The number of hydrogen-bond acceptors (Lipinski definition) is 13. The van der Waals surface area contributed by atoms with E-state index < -0.39 is 52.0 Å². The first kappa shape index (κ1) is 31.1. The molecule has 2 fully saturated rings. The number of aliphatic imine (C=N–C) groups is 1. The van der Waals surface area contributed by atoms with Gasteiger partial charge in [-0.05, 0) is 25.3 Å². The summed E-state index contributed by atoms with van der Waals surface area (Å²) < 4.78 is 21.2. The lowest BCUT2D eigenvalue weighted by atomic mass is 9.86. The van der Waals surface area contributed by atoms with Crippen LogP contribution in [0.1, 0.15) is 34.6 Å². The van der Waals surface area contributed by atoms with Gasteiger partial charge in [-0.1, -0.05) is 6.07 Å². The minimum Gasteiger partial charge on any atom is -0.506 e. The maximum Gasteiger partial charge on any atom is 0.345 e. The molecule has 0 spiro atoms. The molecule has 234 valence electrons. The number of amidine groups is 1. The van der Waals surface area contributed by atoms with Crippen LogP contribution >= 0.6 is 11.3 Å². The third-order valence-corrected chi connectivity index (χ3v) is 8.19. The molecule has 5 rings (SSSR count). The highest BCUT2D eigenvalue weighted by Gasteiger charge is 2.46. The Hall–Kier alpha value is -4.34. The summed E-state index contributed by atoms with van der Waals surface area (Å²) in [6.45, 7) is 5.57. The topological polar surface area (TPSA) is 177 Å². The molecule has 0 radical (unpaired) electrons. The number of pyridine rings is 1. The maximum atomic E-state index is 14.3. The molecule has 0 bridgehead atoms. The van der Waals surface area contributed by atoms with E-state index in [2.05, 4.69) is 9.98 Å². The van der Waals surface area contributed by atoms with Gasteiger partial charge in [0.05, 0.1) is 50.8 Å². The van der Waals surface area contributed by atoms with E-state index in [1.165, 1.54) is 0 Å². The largest absolute Gasteiger partial charge is 0.506 e. The zero-order chi connectivity index (χ0) is 31.4. The second kappa shape index (κ2) is 13.5. The van der Waals surface area contributed by atoms with Crippen LogP contribution in [0.2, 0.25) is 0 Å². The molecule has 2 saturated heterocycles. The molecule has 2 aromatic rings. The number of amides is 1. The number of carbonyl (C=O) groups is 4. The number of carbonyl (C=O) groups excluding carboxylic acids is 4. The molecule has 5 heterocycles. The number of nitrogens with zero attached hydrogens (tertiary/aromatic N) is 3. The van der Waals surface area contributed by atoms with Crippen molar-refractivity contribution in [2.24, 2.45) is 10.9 Å². The third kappa shape index (κ3) is 5.89. The molecule has 15 heteroatoms. The summed E-state index contributed by atoms with van der Waals surface area (Å²) in [6.07, 6.45) is 0. The lowest BCUT2D eigenvalue weighted by Crippen LogP contribution is -2.51. The van der Waals surface area contributed by atoms with E-state index in [9.17, 15) is 29.1 Å². The highest BCUT2D eigenvalue weighted by molar-refractivity contribution is 7.11. The standard InChI is InChI=1S/C29H32N4O10S/c1-3-42-28(38)20-22(34)18(26(36)30-24(20)32-7-11-40-12-8-32)17(16-6-5-15-44-16)19-23(35)21(29(39)43-4-2)25(31-27(19)37)33-9-13-41-14-10-33/h5-6,15,20H,3-4,7-14H2,1-2H3,(H2,31,35,37)/b18-17-. The van der Waals surface area contributed by atoms with E-state index in [1.807, 2.05) is 0 Å². The number of H-pyrrole nitrogens is 1. The van der Waals surface area contributed by atoms with E-state index >= 15 is 0 Å². The molecular weight excluding hydrogens is 596 g/mol. The molecule has 2 N–H and O–H groups in total. The van der Waals surface area contributed by atoms with Crippen molar-refractivity contribution in [1.82, 2.24) is 9.88 Å². The van der Waals surface area contributed by atoms with E-state index in [0.717, 1.165) is 11.3 Å². The normalized spacial score (nSPS) is 20.3. The molecule has 1 atom stereocenters. The number of esters is 2. The van der Waals surface area contributed by atoms with Gasteiger partial charge >= 0.3 is 11.9 Å². The predicted octanol–water partition coefficient (Wildman–Crippen LogP) is 0.977. The molecule has 0 saturated carbocycles. The number of thiophene rings is 1. The summed E-state index contributed by atoms with van der Waals surface area (Å²) in [6, 6.07) is 3.18. The van der Waals surface area contributed by atoms with Crippen LogP contribution in [-0.4, -0.2) is 110 Å². The minimum atomic E-state index is -1.60. The summed E-state index contributed by atoms with van der Waals surface area (Å²) in [4.78, 5) is 78.7. The fourth-order valence-corrected chi connectivity index (χ4v) is 6.11. The van der Waals surface area contributed by atoms with Gasteiger partial charge in [0.2, 0.25) is 0 Å². The van der Waals surface area contributed by atoms with Gasteiger partial charge in [0, 0.05) is 36.6 Å². The Morgan fingerprint density at radius 2 is 1.64 bits per heavy atom. The number of ketones is 1. The van der Waals surface area contributed by atoms with Gasteiger partial charge in [0.1, 0.15) is 23.0 Å². The van der Waals surface area contributed by atoms with Crippen molar-refractivity contribution >= 4 is 52.2 Å². The maximum absolute atomic E-state index is 14.3. The van der Waals surface area contributed by atoms with E-state index in [4.69, 9.17) is 18.9 Å². The van der Waals surface area contributed by atoms with Gasteiger partial charge in [-0.3, -0.25) is 19.2 Å². The number of nitrogens with one attached hydrogen (secondary N) is 1. The van der Waals surface area contributed by atoms with Crippen LogP contribution in [0.25, 0.3) is 5.57 Å². The molecule has 44 heavy (non-hydrogen) atoms. The second-order valence-corrected chi connectivity index (χ2v) is 10.8. The monoisotopic (exact) mass is 628 g/mol. The Morgan fingerprint density at radius 1 is 1.00 bits per heavy atom. The highest BCUT2D eigenvalue weighted by Crippen LogP contribution is 2.40. The van der Waals surface area contributed by atoms with Crippen molar-refractivity contribution in [2.75, 3.05) is 70.7 Å². The van der Waals surface area contributed by atoms with Crippen molar-refractivity contribution in [1.29, 1.82) is 0 Å². The Morgan fingerprint density at radius 3 is 2.23 bits per heavy atom. The van der Waals surface area contributed by atoms with Gasteiger partial charge in [-0.25, -0.2) is 4.79 Å². The van der Waals surface area contributed by atoms with Gasteiger partial charge in [0.25, 0.3) is 11.5 Å². The van der Waals surface area contributed by atoms with Crippen LogP contribution in [0.5, 0.6) is 5.75 Å². The van der Waals surface area contributed by atoms with Gasteiger partial charge in [0.15, 0.2) is 11.7 Å². The van der Waals surface area contributed by atoms with Crippen molar-refractivity contribution < 1.29 is 43.2 Å². The Kier molecular flexibility index (Phi) is 9.56. The Balaban J connectivity index is 1.78. The molecule has 1 amide bonds. The van der Waals surface area contributed by atoms with Crippen LogP contribution < -0.4 is 10.5 Å². The fraction of sp³-hybridized carbons (Fsp3) is 0.448. The molecule has 0 aliphatic carbocycles. The number of morpholine rings is 2. The van der Waals surface area contributed by atoms with Crippen molar-refractivity contribution in [3.63, 3.8) is 0 Å². The lowest BCUT2D eigenvalue weighted by molar-refractivity contribution is -0.148. The number of rotatable bonds is 7. The van der Waals surface area contributed by atoms with Crippen molar-refractivity contribution in [2.45, 2.75) is 13.8 Å². The Labute approximate surface area is 255 Å². The number of hydrogen-bond donors (Lipinski definition) is 2. The van der Waals surface area contributed by atoms with E-state index in [1.54, 1.807) is 41.2 Å². The average molecular weight is 629 g/mol. The van der Waals surface area contributed by atoms with Crippen LogP contribution in [0, 0.1) is 5.92 Å². The first-order valence-electron chi connectivity index (χ1n) is 14.2. The minimum absolute atomic E-state index is 0.0202. The number of aromatic hydroxyl groups is 1. The Bertz CT molecular complexity index is 1570. The lowest BCUT2D eigenvalue weighted by Gasteiger charge is -2.34. The molecule has 3 aliphatic rings. The number of Topliss-reactive ketones (excluding diaryl/α,β-unsaturated/α-hetero) is 1. The summed E-state index contributed by atoms with van der Waals surface area (Å²) in [5.74, 6) is -6.20. The average Bonchev–Trinajstić information content (AvgIpc) is 3.55. The molecule has 1 unspecified atom stereocenters. The second-order valence-electron chi connectivity index (χ2n) is 9.87. The van der Waals surface area contributed by atoms with Crippen LogP contribution in [0.3, 0.4) is 0 Å². The zero-order valence-electron chi connectivity index (χ0n) is 24.3. The fourth-order valence-electron chi connectivity index (χ4n) is 5.33. The number of aromatic nitrogens is 1. The smallest absolute Gasteiger partial charge is 0.345 e. The molecule has 14 nitrogen and oxygen atoms in total. The molecule has 2 aromatic heterocycles. The summed E-state index contributed by atoms with van der Waals surface area (Å²) in [5, 5.41) is 13.3. The van der Waals surface area contributed by atoms with Crippen LogP contribution in [0.4, 0.5) is 5.82 Å². The van der Waals surface area contributed by atoms with E-state index in [0.29, 0.717) is 52.6 Å². The molecule has 0 aromatic carbocycles. The van der Waals surface area contributed by atoms with Crippen LogP contribution in [-0.2, 0) is 33.3 Å². The highest BCUT2D eigenvalue weighted by atomic mass is 32.1. The predicted molar refractivity (Wildman–Crippen MR) is 158 cm³/mol. The van der Waals surface area contributed by atoms with Crippen molar-refractivity contribution in [3.05, 3.63) is 49.4 Å². The van der Waals surface area contributed by atoms with E-state index in [-0.39, 0.29) is 40.9 Å². The quantitative estimate of drug-likeness (QED) is 0.193. The van der Waals surface area contributed by atoms with Gasteiger partial charge in [-0.2, -0.15) is 4.99 Å². The SMILES string of the molecule is CCOC(=O)c1c(N2CCOCC2)[nH]c(=O)c(/C(=C2\C(=O)N=C(N3CCOCC3)C(C(=O)OCC)C2=O)c2cccs2)c1O.